The lowest BCUT2D eigenvalue weighted by molar-refractivity contribution is -0.163. The fraction of sp³-hybridized carbons (Fsp3) is 0.450. The lowest BCUT2D eigenvalue weighted by Gasteiger charge is -2.15. The minimum absolute atomic E-state index is 0.0293. The van der Waals surface area contributed by atoms with Crippen molar-refractivity contribution in [1.82, 2.24) is 0 Å². The van der Waals surface area contributed by atoms with Crippen LogP contribution >= 0.6 is 0 Å². The predicted molar refractivity (Wildman–Crippen MR) is 97.4 cm³/mol. The van der Waals surface area contributed by atoms with Crippen molar-refractivity contribution in [2.75, 3.05) is 13.7 Å². The number of allylic oxidation sites excluding steroid dienone is 1. The summed E-state index contributed by atoms with van der Waals surface area (Å²) in [4.78, 5) is 36.6. The highest BCUT2D eigenvalue weighted by Gasteiger charge is 2.33. The van der Waals surface area contributed by atoms with Crippen molar-refractivity contribution in [1.29, 1.82) is 0 Å². The number of methoxy groups -OCH3 is 1. The highest BCUT2D eigenvalue weighted by atomic mass is 19.1. The lowest BCUT2D eigenvalue weighted by atomic mass is 10.1. The number of carbonyl (C=O) groups is 3. The Balaban J connectivity index is 2.84. The monoisotopic (exact) mass is 398 g/mol. The van der Waals surface area contributed by atoms with Crippen LogP contribution in [0.3, 0.4) is 0 Å². The Morgan fingerprint density at radius 2 is 1.82 bits per heavy atom. The van der Waals surface area contributed by atoms with Crippen LogP contribution in [0, 0.1) is 0 Å². The Hall–Kier alpha value is -2.77. The summed E-state index contributed by atoms with van der Waals surface area (Å²) in [6.45, 7) is 2.84. The van der Waals surface area contributed by atoms with Gasteiger partial charge in [0.25, 0.3) is 6.10 Å². The molecule has 154 valence electrons. The van der Waals surface area contributed by atoms with Crippen molar-refractivity contribution in [3.8, 4) is 5.75 Å². The molecule has 0 saturated carbocycles. The number of Topliss-reactive ketones (excluding diaryl/α,β-unsaturated/α-hetero) is 1. The van der Waals surface area contributed by atoms with Crippen LogP contribution in [0.1, 0.15) is 43.5 Å². The maximum atomic E-state index is 13.7. The SMILES string of the molecule is CCOC(=O)C(OC(=O)CC(F)=CCCC(C)F)C(=O)c1ccc(OC)cc1. The first-order valence-corrected chi connectivity index (χ1v) is 8.81. The number of benzene rings is 1. The van der Waals surface area contributed by atoms with Gasteiger partial charge in [0.1, 0.15) is 11.6 Å². The molecule has 1 aromatic rings. The summed E-state index contributed by atoms with van der Waals surface area (Å²) in [6, 6.07) is 5.82. The third-order valence-corrected chi connectivity index (χ3v) is 3.61. The number of ether oxygens (including phenoxy) is 3. The van der Waals surface area contributed by atoms with E-state index in [1.807, 2.05) is 0 Å². The average molecular weight is 398 g/mol. The standard InChI is InChI=1S/C20H24F2O6/c1-4-27-20(25)19(18(24)14-8-10-16(26-3)11-9-14)28-17(23)12-15(22)7-5-6-13(2)21/h7-11,13,19H,4-6,12H2,1-3H3. The highest BCUT2D eigenvalue weighted by Crippen LogP contribution is 2.16. The van der Waals surface area contributed by atoms with Gasteiger partial charge in [0, 0.05) is 5.56 Å². The Labute approximate surface area is 162 Å². The first-order chi connectivity index (χ1) is 13.3. The van der Waals surface area contributed by atoms with Crippen molar-refractivity contribution in [3.63, 3.8) is 0 Å². The number of hydrogen-bond donors (Lipinski definition) is 0. The molecular weight excluding hydrogens is 374 g/mol. The van der Waals surface area contributed by atoms with Gasteiger partial charge in [-0.25, -0.2) is 13.6 Å². The molecule has 0 aliphatic heterocycles. The van der Waals surface area contributed by atoms with Crippen molar-refractivity contribution in [2.24, 2.45) is 0 Å². The molecule has 0 spiro atoms. The lowest BCUT2D eigenvalue weighted by Crippen LogP contribution is -2.36. The summed E-state index contributed by atoms with van der Waals surface area (Å²) in [5.41, 5.74) is 0.0969. The Bertz CT molecular complexity index is 697. The Morgan fingerprint density at radius 1 is 1.18 bits per heavy atom. The van der Waals surface area contributed by atoms with Crippen LogP contribution in [0.2, 0.25) is 0 Å². The number of alkyl halides is 1. The first kappa shape index (κ1) is 23.3. The fourth-order valence-corrected chi connectivity index (χ4v) is 2.19. The quantitative estimate of drug-likeness (QED) is 0.321. The number of carbonyl (C=O) groups excluding carboxylic acids is 3. The van der Waals surface area contributed by atoms with Gasteiger partial charge in [-0.1, -0.05) is 6.08 Å². The minimum Gasteiger partial charge on any atom is -0.497 e. The molecule has 0 amide bonds. The number of halogens is 2. The van der Waals surface area contributed by atoms with Gasteiger partial charge in [0.05, 0.1) is 26.3 Å². The molecule has 8 heteroatoms. The normalized spacial score (nSPS) is 13.4. The number of ketones is 1. The van der Waals surface area contributed by atoms with Crippen LogP contribution in [0.25, 0.3) is 0 Å². The third kappa shape index (κ3) is 7.85. The Morgan fingerprint density at radius 3 is 2.36 bits per heavy atom. The van der Waals surface area contributed by atoms with Crippen LogP contribution < -0.4 is 4.74 Å². The molecule has 0 aromatic heterocycles. The van der Waals surface area contributed by atoms with E-state index in [1.165, 1.54) is 45.2 Å². The second kappa shape index (κ2) is 11.8. The highest BCUT2D eigenvalue weighted by molar-refractivity contribution is 6.12. The van der Waals surface area contributed by atoms with Gasteiger partial charge in [-0.15, -0.1) is 0 Å². The van der Waals surface area contributed by atoms with E-state index in [4.69, 9.17) is 14.2 Å². The summed E-state index contributed by atoms with van der Waals surface area (Å²) < 4.78 is 41.1. The van der Waals surface area contributed by atoms with E-state index >= 15 is 0 Å². The van der Waals surface area contributed by atoms with E-state index in [9.17, 15) is 23.2 Å². The van der Waals surface area contributed by atoms with E-state index < -0.39 is 42.2 Å². The smallest absolute Gasteiger partial charge is 0.355 e. The van der Waals surface area contributed by atoms with Crippen LogP contribution in [0.15, 0.2) is 36.2 Å². The fourth-order valence-electron chi connectivity index (χ4n) is 2.19. The van der Waals surface area contributed by atoms with E-state index in [1.54, 1.807) is 0 Å². The van der Waals surface area contributed by atoms with E-state index in [2.05, 4.69) is 0 Å². The van der Waals surface area contributed by atoms with Gasteiger partial charge in [0.2, 0.25) is 5.78 Å². The van der Waals surface area contributed by atoms with Crippen LogP contribution in [-0.2, 0) is 19.1 Å². The van der Waals surface area contributed by atoms with Gasteiger partial charge < -0.3 is 14.2 Å². The average Bonchev–Trinajstić information content (AvgIpc) is 2.65. The maximum absolute atomic E-state index is 13.7. The zero-order valence-corrected chi connectivity index (χ0v) is 16.1. The molecule has 0 heterocycles. The van der Waals surface area contributed by atoms with Crippen LogP contribution in [0.5, 0.6) is 5.75 Å². The minimum atomic E-state index is -1.85. The molecule has 1 aromatic carbocycles. The molecule has 0 saturated heterocycles. The van der Waals surface area contributed by atoms with Crippen molar-refractivity contribution in [2.45, 2.75) is 45.4 Å². The summed E-state index contributed by atoms with van der Waals surface area (Å²) in [6.07, 6.45) is -2.41. The molecule has 2 unspecified atom stereocenters. The molecule has 0 radical (unpaired) electrons. The van der Waals surface area contributed by atoms with Crippen LogP contribution in [-0.4, -0.2) is 43.7 Å². The summed E-state index contributed by atoms with van der Waals surface area (Å²) in [5, 5.41) is 0. The maximum Gasteiger partial charge on any atom is 0.355 e. The van der Waals surface area contributed by atoms with Crippen molar-refractivity contribution < 1.29 is 37.4 Å². The molecule has 0 N–H and O–H groups in total. The van der Waals surface area contributed by atoms with Gasteiger partial charge in [0.15, 0.2) is 0 Å². The molecule has 0 aliphatic carbocycles. The first-order valence-electron chi connectivity index (χ1n) is 8.81. The van der Waals surface area contributed by atoms with Crippen LogP contribution in [0.4, 0.5) is 8.78 Å². The second-order valence-electron chi connectivity index (χ2n) is 5.90. The van der Waals surface area contributed by atoms with Crippen molar-refractivity contribution in [3.05, 3.63) is 41.7 Å². The van der Waals surface area contributed by atoms with Gasteiger partial charge in [-0.3, -0.25) is 9.59 Å². The molecule has 1 rings (SSSR count). The number of esters is 2. The molecular formula is C20H24F2O6. The topological polar surface area (TPSA) is 78.9 Å². The molecule has 0 fully saturated rings. The largest absolute Gasteiger partial charge is 0.497 e. The second-order valence-corrected chi connectivity index (χ2v) is 5.90. The van der Waals surface area contributed by atoms with Crippen molar-refractivity contribution >= 4 is 17.7 Å². The summed E-state index contributed by atoms with van der Waals surface area (Å²) in [5.74, 6) is -3.29. The molecule has 28 heavy (non-hydrogen) atoms. The molecule has 0 aliphatic rings. The number of hydrogen-bond acceptors (Lipinski definition) is 6. The molecule has 2 atom stereocenters. The van der Waals surface area contributed by atoms with Gasteiger partial charge in [-0.2, -0.15) is 0 Å². The summed E-state index contributed by atoms with van der Waals surface area (Å²) in [7, 11) is 1.45. The molecule has 0 bridgehead atoms. The van der Waals surface area contributed by atoms with Gasteiger partial charge in [-0.05, 0) is 51.0 Å². The van der Waals surface area contributed by atoms with E-state index in [0.717, 1.165) is 6.08 Å². The number of rotatable bonds is 11. The van der Waals surface area contributed by atoms with E-state index in [-0.39, 0.29) is 25.0 Å². The predicted octanol–water partition coefficient (Wildman–Crippen LogP) is 3.73. The zero-order chi connectivity index (χ0) is 21.1. The zero-order valence-electron chi connectivity index (χ0n) is 16.1. The van der Waals surface area contributed by atoms with Gasteiger partial charge >= 0.3 is 11.9 Å². The summed E-state index contributed by atoms with van der Waals surface area (Å²) >= 11 is 0. The Kier molecular flexibility index (Phi) is 9.84. The third-order valence-electron chi connectivity index (χ3n) is 3.61. The van der Waals surface area contributed by atoms with E-state index in [0.29, 0.717) is 5.75 Å². The molecule has 6 nitrogen and oxygen atoms in total.